The predicted molar refractivity (Wildman–Crippen MR) is 138 cm³/mol. The number of nitrogens with zero attached hydrogens (tertiary/aromatic N) is 3. The smallest absolute Gasteiger partial charge is 0.251 e. The molecule has 10 heteroatoms. The Kier molecular flexibility index (Phi) is 7.43. The Labute approximate surface area is 214 Å². The molecule has 5 rings (SSSR count). The van der Waals surface area contributed by atoms with E-state index < -0.39 is 0 Å². The van der Waals surface area contributed by atoms with Gasteiger partial charge in [-0.15, -0.1) is 10.2 Å². The maximum Gasteiger partial charge on any atom is 0.251 e. The minimum atomic E-state index is -0.221. The van der Waals surface area contributed by atoms with E-state index in [0.29, 0.717) is 35.8 Å². The van der Waals surface area contributed by atoms with Gasteiger partial charge in [-0.3, -0.25) is 14.4 Å². The number of carbonyl (C=O) groups is 3. The highest BCUT2D eigenvalue weighted by Crippen LogP contribution is 2.30. The molecule has 3 N–H and O–H groups in total. The molecule has 1 saturated heterocycles. The van der Waals surface area contributed by atoms with Crippen molar-refractivity contribution < 1.29 is 18.8 Å². The maximum absolute atomic E-state index is 12.6. The van der Waals surface area contributed by atoms with Crippen LogP contribution >= 0.6 is 0 Å². The maximum atomic E-state index is 12.6. The molecule has 3 amide bonds. The van der Waals surface area contributed by atoms with E-state index in [1.54, 1.807) is 30.5 Å². The van der Waals surface area contributed by atoms with Crippen LogP contribution in [0.4, 0.5) is 11.5 Å². The van der Waals surface area contributed by atoms with Crippen LogP contribution in [0.15, 0.2) is 59.2 Å². The molecule has 1 aliphatic heterocycles. The van der Waals surface area contributed by atoms with Gasteiger partial charge in [0.1, 0.15) is 5.69 Å². The average molecular weight is 503 g/mol. The van der Waals surface area contributed by atoms with Crippen LogP contribution in [0.2, 0.25) is 0 Å². The van der Waals surface area contributed by atoms with Crippen molar-refractivity contribution in [2.24, 2.45) is 11.8 Å². The van der Waals surface area contributed by atoms with Gasteiger partial charge in [0.25, 0.3) is 5.91 Å². The van der Waals surface area contributed by atoms with Crippen LogP contribution in [-0.2, 0) is 9.59 Å². The van der Waals surface area contributed by atoms with Gasteiger partial charge in [-0.1, -0.05) is 0 Å². The molecule has 0 radical (unpaired) electrons. The number of amides is 3. The molecule has 10 nitrogen and oxygen atoms in total. The third kappa shape index (κ3) is 6.32. The number of benzene rings is 1. The molecule has 0 unspecified atom stereocenters. The minimum Gasteiger partial charge on any atom is -0.463 e. The van der Waals surface area contributed by atoms with Crippen molar-refractivity contribution in [3.63, 3.8) is 0 Å². The number of furan rings is 1. The van der Waals surface area contributed by atoms with Gasteiger partial charge in [0, 0.05) is 49.3 Å². The summed E-state index contributed by atoms with van der Waals surface area (Å²) < 4.78 is 5.35. The van der Waals surface area contributed by atoms with Crippen molar-refractivity contribution in [3.05, 3.63) is 60.4 Å². The Morgan fingerprint density at radius 2 is 1.57 bits per heavy atom. The summed E-state index contributed by atoms with van der Waals surface area (Å²) in [5.74, 6) is 1.34. The van der Waals surface area contributed by atoms with Gasteiger partial charge in [-0.25, -0.2) is 0 Å². The second-order valence-corrected chi connectivity index (χ2v) is 9.40. The van der Waals surface area contributed by atoms with Gasteiger partial charge in [0.05, 0.1) is 6.26 Å². The second-order valence-electron chi connectivity index (χ2n) is 9.40. The third-order valence-electron chi connectivity index (χ3n) is 6.69. The first-order valence-electron chi connectivity index (χ1n) is 12.7. The van der Waals surface area contributed by atoms with Crippen molar-refractivity contribution in [3.8, 4) is 11.5 Å². The molecule has 0 spiro atoms. The van der Waals surface area contributed by atoms with Gasteiger partial charge >= 0.3 is 0 Å². The Bertz CT molecular complexity index is 1210. The predicted octanol–water partition coefficient (Wildman–Crippen LogP) is 2.85. The first kappa shape index (κ1) is 24.5. The van der Waals surface area contributed by atoms with Crippen LogP contribution in [0.25, 0.3) is 11.5 Å². The Hall–Kier alpha value is -4.21. The highest BCUT2D eigenvalue weighted by Gasteiger charge is 2.29. The summed E-state index contributed by atoms with van der Waals surface area (Å²) in [5.41, 5.74) is 1.87. The van der Waals surface area contributed by atoms with Crippen LogP contribution in [-0.4, -0.2) is 54.1 Å². The first-order valence-corrected chi connectivity index (χ1v) is 12.7. The molecular formula is C27H30N6O4. The standard InChI is InChI=1S/C27H30N6O4/c34-25(18-5-7-21(8-6-18)30-27(36)19-3-4-19)28-13-14-29-26(35)20-11-15-33(16-12-20)24-10-9-22(31-32-24)23-2-1-17-37-23/h1-2,5-10,17,19-20H,3-4,11-16H2,(H,28,34)(H,29,35)(H,30,36). The Morgan fingerprint density at radius 1 is 0.838 bits per heavy atom. The van der Waals surface area contributed by atoms with Crippen LogP contribution < -0.4 is 20.9 Å². The van der Waals surface area contributed by atoms with E-state index in [0.717, 1.165) is 44.6 Å². The summed E-state index contributed by atoms with van der Waals surface area (Å²) >= 11 is 0. The number of hydrogen-bond donors (Lipinski definition) is 3. The summed E-state index contributed by atoms with van der Waals surface area (Å²) in [6.45, 7) is 2.14. The molecule has 192 valence electrons. The molecular weight excluding hydrogens is 472 g/mol. The monoisotopic (exact) mass is 502 g/mol. The number of piperidine rings is 1. The van der Waals surface area contributed by atoms with Crippen molar-refractivity contribution in [2.45, 2.75) is 25.7 Å². The van der Waals surface area contributed by atoms with E-state index >= 15 is 0 Å². The van der Waals surface area contributed by atoms with Gasteiger partial charge in [0.2, 0.25) is 11.8 Å². The molecule has 37 heavy (non-hydrogen) atoms. The van der Waals surface area contributed by atoms with E-state index in [4.69, 9.17) is 4.42 Å². The van der Waals surface area contributed by atoms with E-state index in [1.807, 2.05) is 24.3 Å². The van der Waals surface area contributed by atoms with E-state index in [-0.39, 0.29) is 29.6 Å². The lowest BCUT2D eigenvalue weighted by Gasteiger charge is -2.31. The van der Waals surface area contributed by atoms with Crippen molar-refractivity contribution in [2.75, 3.05) is 36.4 Å². The van der Waals surface area contributed by atoms with Crippen LogP contribution in [0.5, 0.6) is 0 Å². The normalized spacial score (nSPS) is 15.7. The number of anilines is 2. The Morgan fingerprint density at radius 3 is 2.22 bits per heavy atom. The number of hydrogen-bond acceptors (Lipinski definition) is 7. The summed E-state index contributed by atoms with van der Waals surface area (Å²) in [6, 6.07) is 14.3. The zero-order valence-corrected chi connectivity index (χ0v) is 20.5. The lowest BCUT2D eigenvalue weighted by molar-refractivity contribution is -0.125. The molecule has 0 atom stereocenters. The number of carbonyl (C=O) groups excluding carboxylic acids is 3. The van der Waals surface area contributed by atoms with Gasteiger partial charge in [0.15, 0.2) is 11.6 Å². The minimum absolute atomic E-state index is 0.00362. The van der Waals surface area contributed by atoms with Crippen LogP contribution in [0, 0.1) is 11.8 Å². The lowest BCUT2D eigenvalue weighted by atomic mass is 9.96. The molecule has 2 fully saturated rings. The molecule has 2 aliphatic rings. The van der Waals surface area contributed by atoms with E-state index in [1.165, 1.54) is 0 Å². The van der Waals surface area contributed by atoms with Crippen LogP contribution in [0.3, 0.4) is 0 Å². The SMILES string of the molecule is O=C(NCCNC(=O)C1CCN(c2ccc(-c3ccco3)nn2)CC1)c1ccc(NC(=O)C2CC2)cc1. The molecule has 1 aliphatic carbocycles. The first-order chi connectivity index (χ1) is 18.1. The fourth-order valence-electron chi connectivity index (χ4n) is 4.32. The zero-order chi connectivity index (χ0) is 25.6. The average Bonchev–Trinajstić information content (AvgIpc) is 3.65. The van der Waals surface area contributed by atoms with E-state index in [9.17, 15) is 14.4 Å². The molecule has 3 aromatic rings. The molecule has 0 bridgehead atoms. The van der Waals surface area contributed by atoms with Crippen molar-refractivity contribution in [1.29, 1.82) is 0 Å². The van der Waals surface area contributed by atoms with Gasteiger partial charge in [-0.05, 0) is 74.2 Å². The van der Waals surface area contributed by atoms with Gasteiger partial charge in [-0.2, -0.15) is 0 Å². The fourth-order valence-corrected chi connectivity index (χ4v) is 4.32. The quantitative estimate of drug-likeness (QED) is 0.384. The molecule has 2 aromatic heterocycles. The highest BCUT2D eigenvalue weighted by atomic mass is 16.3. The lowest BCUT2D eigenvalue weighted by Crippen LogP contribution is -2.42. The summed E-state index contributed by atoms with van der Waals surface area (Å²) in [6.07, 6.45) is 4.94. The largest absolute Gasteiger partial charge is 0.463 e. The fraction of sp³-hybridized carbons (Fsp3) is 0.370. The molecule has 1 aromatic carbocycles. The van der Waals surface area contributed by atoms with Crippen molar-refractivity contribution >= 4 is 29.2 Å². The van der Waals surface area contributed by atoms with Crippen molar-refractivity contribution in [1.82, 2.24) is 20.8 Å². The summed E-state index contributed by atoms with van der Waals surface area (Å²) in [4.78, 5) is 38.9. The molecule has 3 heterocycles. The van der Waals surface area contributed by atoms with E-state index in [2.05, 4.69) is 31.0 Å². The summed E-state index contributed by atoms with van der Waals surface area (Å²) in [5, 5.41) is 17.2. The van der Waals surface area contributed by atoms with Crippen LogP contribution in [0.1, 0.15) is 36.0 Å². The number of nitrogens with one attached hydrogen (secondary N) is 3. The topological polar surface area (TPSA) is 129 Å². The second kappa shape index (κ2) is 11.2. The third-order valence-corrected chi connectivity index (χ3v) is 6.69. The Balaban J connectivity index is 0.996. The highest BCUT2D eigenvalue weighted by molar-refractivity contribution is 5.96. The number of aromatic nitrogens is 2. The summed E-state index contributed by atoms with van der Waals surface area (Å²) in [7, 11) is 0. The number of rotatable bonds is 9. The zero-order valence-electron chi connectivity index (χ0n) is 20.5. The van der Waals surface area contributed by atoms with Gasteiger partial charge < -0.3 is 25.3 Å². The molecule has 1 saturated carbocycles.